The molecule has 0 saturated heterocycles. The van der Waals surface area contributed by atoms with Crippen molar-refractivity contribution in [3.05, 3.63) is 36.5 Å². The lowest BCUT2D eigenvalue weighted by Gasteiger charge is -2.02. The first kappa shape index (κ1) is 36.9. The summed E-state index contributed by atoms with van der Waals surface area (Å²) < 4.78 is 0. The van der Waals surface area contributed by atoms with Crippen LogP contribution in [0.5, 0.6) is 0 Å². The summed E-state index contributed by atoms with van der Waals surface area (Å²) in [5, 5.41) is 0. The van der Waals surface area contributed by atoms with Crippen LogP contribution < -0.4 is 0 Å². The van der Waals surface area contributed by atoms with Crippen LogP contribution in [-0.2, 0) is 4.79 Å². The van der Waals surface area contributed by atoms with E-state index < -0.39 is 0 Å². The first-order valence-electron chi connectivity index (χ1n) is 17.2. The number of rotatable bonds is 31. The first-order valence-corrected chi connectivity index (χ1v) is 17.2. The third-order valence-corrected chi connectivity index (χ3v) is 7.61. The van der Waals surface area contributed by atoms with Crippen LogP contribution in [0.4, 0.5) is 0 Å². The standard InChI is InChI=1S/C37H68O/c1-3-4-5-6-7-8-9-10-11-12-13-14-15-16-17-18-19-20-21-22-23-24-25-26-27-28-29-30-31-32-33-34-35-36-37(2)38/h16-17,23-24,30-31H,3-15,18-22,25-29,32-36H2,1-2H3/b17-16+,24-23+,31-30+. The summed E-state index contributed by atoms with van der Waals surface area (Å²) in [4.78, 5) is 10.9. The summed E-state index contributed by atoms with van der Waals surface area (Å²) in [5.74, 6) is 0.328. The van der Waals surface area contributed by atoms with Crippen LogP contribution in [-0.4, -0.2) is 5.78 Å². The van der Waals surface area contributed by atoms with Gasteiger partial charge in [0.15, 0.2) is 0 Å². The summed E-state index contributed by atoms with van der Waals surface area (Å²) in [6.45, 7) is 3.99. The zero-order chi connectivity index (χ0) is 27.6. The predicted octanol–water partition coefficient (Wildman–Crippen LogP) is 13.2. The van der Waals surface area contributed by atoms with E-state index in [2.05, 4.69) is 43.4 Å². The maximum atomic E-state index is 10.9. The molecule has 0 aromatic rings. The Balaban J connectivity index is 3.20. The van der Waals surface area contributed by atoms with Gasteiger partial charge in [-0.1, -0.05) is 133 Å². The fraction of sp³-hybridized carbons (Fsp3) is 0.811. The summed E-state index contributed by atoms with van der Waals surface area (Å²) in [5.41, 5.74) is 0. The van der Waals surface area contributed by atoms with Crippen LogP contribution >= 0.6 is 0 Å². The number of hydrogen-bond acceptors (Lipinski definition) is 1. The lowest BCUT2D eigenvalue weighted by atomic mass is 10.0. The number of carbonyl (C=O) groups is 1. The molecule has 0 unspecified atom stereocenters. The van der Waals surface area contributed by atoms with Crippen molar-refractivity contribution in [1.82, 2.24) is 0 Å². The van der Waals surface area contributed by atoms with Gasteiger partial charge in [-0.2, -0.15) is 0 Å². The summed E-state index contributed by atoms with van der Waals surface area (Å²) in [6, 6.07) is 0. The third-order valence-electron chi connectivity index (χ3n) is 7.61. The van der Waals surface area contributed by atoms with E-state index in [-0.39, 0.29) is 0 Å². The number of carbonyl (C=O) groups excluding carboxylic acids is 1. The van der Waals surface area contributed by atoms with Gasteiger partial charge in [-0.05, 0) is 90.4 Å². The molecule has 0 amide bonds. The molecule has 222 valence electrons. The fourth-order valence-corrected chi connectivity index (χ4v) is 5.03. The van der Waals surface area contributed by atoms with Crippen molar-refractivity contribution >= 4 is 5.78 Å². The van der Waals surface area contributed by atoms with Crippen LogP contribution in [0.25, 0.3) is 0 Å². The molecular weight excluding hydrogens is 460 g/mol. The van der Waals surface area contributed by atoms with Gasteiger partial charge >= 0.3 is 0 Å². The van der Waals surface area contributed by atoms with Crippen molar-refractivity contribution in [3.8, 4) is 0 Å². The molecule has 1 heteroatoms. The molecule has 0 aromatic carbocycles. The average molecular weight is 529 g/mol. The highest BCUT2D eigenvalue weighted by atomic mass is 16.1. The number of unbranched alkanes of at least 4 members (excludes halogenated alkanes) is 23. The molecule has 0 rings (SSSR count). The molecule has 0 bridgehead atoms. The lowest BCUT2D eigenvalue weighted by molar-refractivity contribution is -0.117. The Morgan fingerprint density at radius 3 is 0.895 bits per heavy atom. The fourth-order valence-electron chi connectivity index (χ4n) is 5.03. The summed E-state index contributed by atoms with van der Waals surface area (Å²) in [7, 11) is 0. The smallest absolute Gasteiger partial charge is 0.129 e. The van der Waals surface area contributed by atoms with Crippen molar-refractivity contribution in [2.45, 2.75) is 194 Å². The van der Waals surface area contributed by atoms with Crippen LogP contribution in [0.15, 0.2) is 36.5 Å². The van der Waals surface area contributed by atoms with Gasteiger partial charge in [0.1, 0.15) is 5.78 Å². The molecule has 0 aliphatic carbocycles. The second kappa shape index (κ2) is 33.9. The van der Waals surface area contributed by atoms with Gasteiger partial charge in [-0.15, -0.1) is 0 Å². The van der Waals surface area contributed by atoms with Crippen LogP contribution in [0.3, 0.4) is 0 Å². The van der Waals surface area contributed by atoms with E-state index in [1.807, 2.05) is 0 Å². The molecule has 0 atom stereocenters. The Morgan fingerprint density at radius 2 is 0.605 bits per heavy atom. The van der Waals surface area contributed by atoms with E-state index >= 15 is 0 Å². The van der Waals surface area contributed by atoms with Gasteiger partial charge in [0, 0.05) is 6.42 Å². The van der Waals surface area contributed by atoms with Crippen molar-refractivity contribution in [3.63, 3.8) is 0 Å². The maximum Gasteiger partial charge on any atom is 0.129 e. The number of allylic oxidation sites excluding steroid dienone is 6. The summed E-state index contributed by atoms with van der Waals surface area (Å²) >= 11 is 0. The highest BCUT2D eigenvalue weighted by Crippen LogP contribution is 2.13. The van der Waals surface area contributed by atoms with E-state index in [1.165, 1.54) is 167 Å². The second-order valence-electron chi connectivity index (χ2n) is 11.7. The molecule has 1 nitrogen and oxygen atoms in total. The average Bonchev–Trinajstić information content (AvgIpc) is 2.91. The quantitative estimate of drug-likeness (QED) is 0.0645. The normalized spacial score (nSPS) is 12.1. The molecule has 0 fully saturated rings. The molecule has 0 spiro atoms. The topological polar surface area (TPSA) is 17.1 Å². The van der Waals surface area contributed by atoms with Crippen molar-refractivity contribution in [1.29, 1.82) is 0 Å². The minimum absolute atomic E-state index is 0.328. The predicted molar refractivity (Wildman–Crippen MR) is 173 cm³/mol. The number of hydrogen-bond donors (Lipinski definition) is 0. The highest BCUT2D eigenvalue weighted by Gasteiger charge is 1.94. The van der Waals surface area contributed by atoms with Gasteiger partial charge in [0.05, 0.1) is 0 Å². The van der Waals surface area contributed by atoms with Gasteiger partial charge in [0.2, 0.25) is 0 Å². The molecule has 0 aliphatic heterocycles. The molecular formula is C37H68O. The Bertz CT molecular complexity index is 541. The van der Waals surface area contributed by atoms with Crippen LogP contribution in [0, 0.1) is 0 Å². The minimum atomic E-state index is 0.328. The Hall–Kier alpha value is -1.11. The van der Waals surface area contributed by atoms with Gasteiger partial charge in [0.25, 0.3) is 0 Å². The van der Waals surface area contributed by atoms with Gasteiger partial charge < -0.3 is 4.79 Å². The van der Waals surface area contributed by atoms with Gasteiger partial charge in [-0.3, -0.25) is 0 Å². The van der Waals surface area contributed by atoms with E-state index in [0.29, 0.717) is 5.78 Å². The van der Waals surface area contributed by atoms with E-state index in [1.54, 1.807) is 6.92 Å². The van der Waals surface area contributed by atoms with Crippen molar-refractivity contribution in [2.24, 2.45) is 0 Å². The number of ketones is 1. The second-order valence-corrected chi connectivity index (χ2v) is 11.7. The Kier molecular flexibility index (Phi) is 32.9. The Labute approximate surface area is 240 Å². The van der Waals surface area contributed by atoms with E-state index in [0.717, 1.165) is 12.8 Å². The minimum Gasteiger partial charge on any atom is -0.300 e. The Morgan fingerprint density at radius 1 is 0.368 bits per heavy atom. The van der Waals surface area contributed by atoms with E-state index in [9.17, 15) is 4.79 Å². The molecule has 0 aliphatic rings. The highest BCUT2D eigenvalue weighted by molar-refractivity contribution is 5.75. The largest absolute Gasteiger partial charge is 0.300 e. The summed E-state index contributed by atoms with van der Waals surface area (Å²) in [6.07, 6.45) is 51.5. The molecule has 0 heterocycles. The van der Waals surface area contributed by atoms with Crippen molar-refractivity contribution < 1.29 is 4.79 Å². The lowest BCUT2D eigenvalue weighted by Crippen LogP contribution is -1.88. The first-order chi connectivity index (χ1) is 18.8. The molecule has 38 heavy (non-hydrogen) atoms. The maximum absolute atomic E-state index is 10.9. The molecule has 0 aromatic heterocycles. The monoisotopic (exact) mass is 529 g/mol. The number of Topliss-reactive ketones (excluding diaryl/α,β-unsaturated/α-hetero) is 1. The SMILES string of the molecule is CCCCCCCCCCCCCC/C=C/CCCCC/C=C/CCCCC/C=C/CCCCCC(C)=O. The van der Waals surface area contributed by atoms with Crippen LogP contribution in [0.1, 0.15) is 194 Å². The van der Waals surface area contributed by atoms with E-state index in [4.69, 9.17) is 0 Å². The zero-order valence-electron chi connectivity index (χ0n) is 26.2. The van der Waals surface area contributed by atoms with Crippen molar-refractivity contribution in [2.75, 3.05) is 0 Å². The third kappa shape index (κ3) is 34.9. The molecule has 0 radical (unpaired) electrons. The zero-order valence-corrected chi connectivity index (χ0v) is 26.2. The molecule has 0 saturated carbocycles. The molecule has 0 N–H and O–H groups in total. The van der Waals surface area contributed by atoms with Gasteiger partial charge in [-0.25, -0.2) is 0 Å². The van der Waals surface area contributed by atoms with Crippen LogP contribution in [0.2, 0.25) is 0 Å².